The summed E-state index contributed by atoms with van der Waals surface area (Å²) in [6.07, 6.45) is -0.508. The predicted octanol–water partition coefficient (Wildman–Crippen LogP) is 5.71. The Hall–Kier alpha value is -3.32. The Bertz CT molecular complexity index is 1250. The minimum Gasteiger partial charge on any atom is -0.493 e. The summed E-state index contributed by atoms with van der Waals surface area (Å²) in [5.74, 6) is 2.10. The summed E-state index contributed by atoms with van der Waals surface area (Å²) >= 11 is 1.54. The maximum Gasteiger partial charge on any atom is 0.247 e. The second kappa shape index (κ2) is 8.43. The predicted molar refractivity (Wildman–Crippen MR) is 124 cm³/mol. The van der Waals surface area contributed by atoms with Crippen LogP contribution in [0.25, 0.3) is 22.0 Å². The third-order valence-corrected chi connectivity index (χ3v) is 5.82. The molecule has 0 radical (unpaired) electrons. The Labute approximate surface area is 185 Å². The number of hydrogen-bond acceptors (Lipinski definition) is 7. The van der Waals surface area contributed by atoms with E-state index >= 15 is 0 Å². The minimum absolute atomic E-state index is 0.462. The van der Waals surface area contributed by atoms with Crippen molar-refractivity contribution in [1.29, 1.82) is 0 Å². The summed E-state index contributed by atoms with van der Waals surface area (Å²) < 4.78 is 12.5. The number of fused-ring (bicyclic) bond motifs is 4. The van der Waals surface area contributed by atoms with Crippen molar-refractivity contribution in [2.45, 2.75) is 25.2 Å². The van der Waals surface area contributed by atoms with Crippen LogP contribution in [-0.2, 0) is 0 Å². The second-order valence-electron chi connectivity index (χ2n) is 7.00. The molecule has 0 saturated carbocycles. The monoisotopic (exact) mass is 430 g/mol. The fourth-order valence-electron chi connectivity index (χ4n) is 3.80. The number of anilines is 1. The number of ether oxygens (including phenoxy) is 2. The van der Waals surface area contributed by atoms with Crippen molar-refractivity contribution >= 4 is 28.2 Å². The summed E-state index contributed by atoms with van der Waals surface area (Å²) in [6, 6.07) is 20.3. The fraction of sp³-hybridized carbons (Fsp3) is 0.208. The van der Waals surface area contributed by atoms with Crippen molar-refractivity contribution in [2.24, 2.45) is 0 Å². The number of nitrogens with one attached hydrogen (secondary N) is 1. The van der Waals surface area contributed by atoms with E-state index in [0.29, 0.717) is 23.3 Å². The van der Waals surface area contributed by atoms with Gasteiger partial charge < -0.3 is 14.8 Å². The van der Waals surface area contributed by atoms with Crippen molar-refractivity contribution in [2.75, 3.05) is 17.7 Å². The zero-order valence-electron chi connectivity index (χ0n) is 17.3. The first kappa shape index (κ1) is 19.6. The number of nitrogens with zero attached hydrogens (tertiary/aromatic N) is 3. The highest BCUT2D eigenvalue weighted by atomic mass is 32.2. The normalized spacial score (nSPS) is 14.7. The second-order valence-corrected chi connectivity index (χ2v) is 8.23. The average Bonchev–Trinajstić information content (AvgIpc) is 2.95. The molecule has 7 heteroatoms. The SMILES string of the molecule is CCOc1ccc2ccccc2c1C1Nc2ccccc2-c2nnc(SCC)nc2O1. The lowest BCUT2D eigenvalue weighted by molar-refractivity contribution is 0.218. The van der Waals surface area contributed by atoms with E-state index < -0.39 is 6.23 Å². The van der Waals surface area contributed by atoms with Gasteiger partial charge in [0.1, 0.15) is 5.75 Å². The van der Waals surface area contributed by atoms with Gasteiger partial charge in [0.15, 0.2) is 5.69 Å². The summed E-state index contributed by atoms with van der Waals surface area (Å²) in [4.78, 5) is 4.68. The minimum atomic E-state index is -0.508. The van der Waals surface area contributed by atoms with Crippen LogP contribution in [0.3, 0.4) is 0 Å². The topological polar surface area (TPSA) is 69.2 Å². The van der Waals surface area contributed by atoms with Gasteiger partial charge in [-0.1, -0.05) is 67.2 Å². The van der Waals surface area contributed by atoms with E-state index in [1.165, 1.54) is 11.8 Å². The van der Waals surface area contributed by atoms with E-state index in [1.54, 1.807) is 0 Å². The smallest absolute Gasteiger partial charge is 0.247 e. The lowest BCUT2D eigenvalue weighted by Gasteiger charge is -2.23. The number of rotatable bonds is 5. The molecule has 0 bridgehead atoms. The Morgan fingerprint density at radius 3 is 2.71 bits per heavy atom. The van der Waals surface area contributed by atoms with Gasteiger partial charge in [0, 0.05) is 11.3 Å². The summed E-state index contributed by atoms with van der Waals surface area (Å²) in [6.45, 7) is 4.60. The zero-order chi connectivity index (χ0) is 21.2. The zero-order valence-corrected chi connectivity index (χ0v) is 18.1. The molecule has 4 aromatic rings. The van der Waals surface area contributed by atoms with E-state index in [2.05, 4.69) is 45.6 Å². The van der Waals surface area contributed by atoms with E-state index in [1.807, 2.05) is 49.4 Å². The maximum absolute atomic E-state index is 6.49. The van der Waals surface area contributed by atoms with Crippen LogP contribution in [0.2, 0.25) is 0 Å². The molecule has 1 aromatic heterocycles. The first-order valence-electron chi connectivity index (χ1n) is 10.3. The third-order valence-electron chi connectivity index (χ3n) is 5.10. The Morgan fingerprint density at radius 2 is 1.84 bits per heavy atom. The van der Waals surface area contributed by atoms with E-state index in [9.17, 15) is 0 Å². The molecule has 3 aromatic carbocycles. The first-order valence-corrected chi connectivity index (χ1v) is 11.3. The molecular weight excluding hydrogens is 408 g/mol. The number of benzene rings is 3. The van der Waals surface area contributed by atoms with Gasteiger partial charge in [0.05, 0.1) is 12.2 Å². The van der Waals surface area contributed by atoms with Gasteiger partial charge in [0.25, 0.3) is 0 Å². The van der Waals surface area contributed by atoms with Crippen LogP contribution in [0, 0.1) is 0 Å². The molecule has 0 spiro atoms. The van der Waals surface area contributed by atoms with Gasteiger partial charge in [-0.05, 0) is 35.6 Å². The van der Waals surface area contributed by atoms with Crippen LogP contribution in [0.1, 0.15) is 25.6 Å². The molecule has 2 heterocycles. The number of hydrogen-bond donors (Lipinski definition) is 1. The van der Waals surface area contributed by atoms with Crippen LogP contribution in [0.15, 0.2) is 65.8 Å². The van der Waals surface area contributed by atoms with E-state index in [-0.39, 0.29) is 0 Å². The maximum atomic E-state index is 6.49. The van der Waals surface area contributed by atoms with Gasteiger partial charge in [0.2, 0.25) is 17.3 Å². The molecule has 1 N–H and O–H groups in total. The molecule has 1 atom stereocenters. The first-order chi connectivity index (χ1) is 15.3. The van der Waals surface area contributed by atoms with Crippen molar-refractivity contribution in [3.05, 3.63) is 66.2 Å². The molecule has 1 unspecified atom stereocenters. The average molecular weight is 431 g/mol. The highest BCUT2D eigenvalue weighted by Gasteiger charge is 2.29. The highest BCUT2D eigenvalue weighted by molar-refractivity contribution is 7.99. The van der Waals surface area contributed by atoms with Crippen LogP contribution in [-0.4, -0.2) is 27.5 Å². The largest absolute Gasteiger partial charge is 0.493 e. The summed E-state index contributed by atoms with van der Waals surface area (Å²) in [7, 11) is 0. The third kappa shape index (κ3) is 3.65. The lowest BCUT2D eigenvalue weighted by atomic mass is 10.0. The molecular formula is C24H22N4O2S. The Morgan fingerprint density at radius 1 is 1.00 bits per heavy atom. The summed E-state index contributed by atoms with van der Waals surface area (Å²) in [5, 5.41) is 15.1. The van der Waals surface area contributed by atoms with Gasteiger partial charge in [-0.15, -0.1) is 10.2 Å². The van der Waals surface area contributed by atoms with Crippen LogP contribution < -0.4 is 14.8 Å². The van der Waals surface area contributed by atoms with Crippen molar-refractivity contribution in [1.82, 2.24) is 15.2 Å². The van der Waals surface area contributed by atoms with Gasteiger partial charge in [-0.2, -0.15) is 4.98 Å². The molecule has 6 nitrogen and oxygen atoms in total. The lowest BCUT2D eigenvalue weighted by Crippen LogP contribution is -2.19. The number of aromatic nitrogens is 3. The van der Waals surface area contributed by atoms with Gasteiger partial charge >= 0.3 is 0 Å². The standard InChI is InChI=1S/C24H22N4O2S/c1-3-29-19-14-13-15-9-5-6-10-16(15)20(19)22-25-18-12-8-7-11-17(18)21-23(30-22)26-24(28-27-21)31-4-2/h5-14,22,25H,3-4H2,1-2H3. The molecule has 0 aliphatic carbocycles. The van der Waals surface area contributed by atoms with Crippen molar-refractivity contribution in [3.63, 3.8) is 0 Å². The Balaban J connectivity index is 1.71. The van der Waals surface area contributed by atoms with Crippen LogP contribution >= 0.6 is 11.8 Å². The number of thioether (sulfide) groups is 1. The quantitative estimate of drug-likeness (QED) is 0.407. The van der Waals surface area contributed by atoms with Gasteiger partial charge in [-0.3, -0.25) is 0 Å². The summed E-state index contributed by atoms with van der Waals surface area (Å²) in [5.41, 5.74) is 3.38. The van der Waals surface area contributed by atoms with E-state index in [0.717, 1.165) is 39.1 Å². The highest BCUT2D eigenvalue weighted by Crippen LogP contribution is 2.43. The van der Waals surface area contributed by atoms with Crippen LogP contribution in [0.5, 0.6) is 11.6 Å². The van der Waals surface area contributed by atoms with Crippen molar-refractivity contribution in [3.8, 4) is 22.9 Å². The molecule has 0 fully saturated rings. The molecule has 31 heavy (non-hydrogen) atoms. The molecule has 1 aliphatic heterocycles. The Kier molecular flexibility index (Phi) is 5.34. The molecule has 0 amide bonds. The van der Waals surface area contributed by atoms with E-state index in [4.69, 9.17) is 9.47 Å². The van der Waals surface area contributed by atoms with Crippen molar-refractivity contribution < 1.29 is 9.47 Å². The number of para-hydroxylation sites is 1. The molecule has 1 aliphatic rings. The fourth-order valence-corrected chi connectivity index (χ4v) is 4.30. The van der Waals surface area contributed by atoms with Crippen LogP contribution in [0.4, 0.5) is 5.69 Å². The molecule has 5 rings (SSSR count). The molecule has 156 valence electrons. The molecule has 0 saturated heterocycles. The van der Waals surface area contributed by atoms with Gasteiger partial charge in [-0.25, -0.2) is 0 Å².